The van der Waals surface area contributed by atoms with Gasteiger partial charge in [0.2, 0.25) is 5.91 Å². The average molecular weight is 371 g/mol. The van der Waals surface area contributed by atoms with Crippen LogP contribution in [-0.4, -0.2) is 54.6 Å². The van der Waals surface area contributed by atoms with E-state index in [9.17, 15) is 4.79 Å². The third kappa shape index (κ3) is 3.17. The van der Waals surface area contributed by atoms with E-state index < -0.39 is 0 Å². The summed E-state index contributed by atoms with van der Waals surface area (Å²) in [6.07, 6.45) is 4.40. The molecule has 1 amide bonds. The van der Waals surface area contributed by atoms with Gasteiger partial charge in [-0.3, -0.25) is 14.7 Å². The Labute approximate surface area is 159 Å². The van der Waals surface area contributed by atoms with Crippen LogP contribution in [0, 0.1) is 0 Å². The number of rotatable bonds is 3. The maximum Gasteiger partial charge on any atom is 0.244 e. The number of carbonyl (C=O) groups excluding carboxylic acids is 1. The number of benzene rings is 1. The van der Waals surface area contributed by atoms with Crippen LogP contribution >= 0.6 is 11.6 Å². The summed E-state index contributed by atoms with van der Waals surface area (Å²) in [7, 11) is 0. The second kappa shape index (κ2) is 7.25. The maximum absolute atomic E-state index is 13.1. The van der Waals surface area contributed by atoms with Crippen LogP contribution in [0.1, 0.15) is 12.5 Å². The van der Waals surface area contributed by atoms with Gasteiger partial charge in [0.1, 0.15) is 0 Å². The standard InChI is InChI=1S/C20H23ClN4O/c1-15(20(26)25-9-7-16-4-2-3-5-18(16)25)23-10-12-24(13-11-23)19-6-8-22-14-17(19)21/h2-6,8,14-15H,7,9-13H2,1H3/t15-/m0/s1. The molecule has 1 saturated heterocycles. The van der Waals surface area contributed by atoms with Crippen LogP contribution in [0.25, 0.3) is 0 Å². The lowest BCUT2D eigenvalue weighted by molar-refractivity contribution is -0.123. The van der Waals surface area contributed by atoms with E-state index in [1.807, 2.05) is 30.0 Å². The zero-order valence-electron chi connectivity index (χ0n) is 14.9. The molecule has 1 fully saturated rings. The number of fused-ring (bicyclic) bond motifs is 1. The molecule has 1 aromatic heterocycles. The van der Waals surface area contributed by atoms with Gasteiger partial charge in [0.05, 0.1) is 16.8 Å². The molecule has 26 heavy (non-hydrogen) atoms. The Morgan fingerprint density at radius 3 is 2.62 bits per heavy atom. The third-order valence-electron chi connectivity index (χ3n) is 5.46. The normalized spacial score (nSPS) is 18.7. The molecular formula is C20H23ClN4O. The lowest BCUT2D eigenvalue weighted by Gasteiger charge is -2.39. The van der Waals surface area contributed by atoms with Crippen molar-refractivity contribution in [3.05, 3.63) is 53.3 Å². The number of piperazine rings is 1. The molecule has 2 aliphatic heterocycles. The van der Waals surface area contributed by atoms with Gasteiger partial charge in [0.15, 0.2) is 0 Å². The van der Waals surface area contributed by atoms with Crippen molar-refractivity contribution in [3.63, 3.8) is 0 Å². The Morgan fingerprint density at radius 2 is 1.85 bits per heavy atom. The zero-order chi connectivity index (χ0) is 18.1. The number of hydrogen-bond acceptors (Lipinski definition) is 4. The van der Waals surface area contributed by atoms with Gasteiger partial charge in [-0.15, -0.1) is 0 Å². The molecule has 5 nitrogen and oxygen atoms in total. The summed E-state index contributed by atoms with van der Waals surface area (Å²) in [4.78, 5) is 23.6. The fourth-order valence-electron chi connectivity index (χ4n) is 3.92. The molecular weight excluding hydrogens is 348 g/mol. The van der Waals surface area contributed by atoms with Gasteiger partial charge in [-0.05, 0) is 31.0 Å². The van der Waals surface area contributed by atoms with E-state index >= 15 is 0 Å². The van der Waals surface area contributed by atoms with Crippen molar-refractivity contribution in [3.8, 4) is 0 Å². The molecule has 0 spiro atoms. The summed E-state index contributed by atoms with van der Waals surface area (Å²) in [6, 6.07) is 10.1. The highest BCUT2D eigenvalue weighted by atomic mass is 35.5. The monoisotopic (exact) mass is 370 g/mol. The van der Waals surface area contributed by atoms with E-state index in [0.29, 0.717) is 5.02 Å². The summed E-state index contributed by atoms with van der Waals surface area (Å²) in [5.74, 6) is 0.199. The molecule has 2 aromatic rings. The van der Waals surface area contributed by atoms with Gasteiger partial charge in [0, 0.05) is 50.8 Å². The topological polar surface area (TPSA) is 39.7 Å². The van der Waals surface area contributed by atoms with Crippen LogP contribution in [0.4, 0.5) is 11.4 Å². The van der Waals surface area contributed by atoms with Crippen molar-refractivity contribution in [2.75, 3.05) is 42.5 Å². The van der Waals surface area contributed by atoms with Crippen molar-refractivity contribution in [1.29, 1.82) is 0 Å². The molecule has 0 bridgehead atoms. The average Bonchev–Trinajstić information content (AvgIpc) is 3.11. The van der Waals surface area contributed by atoms with E-state index in [1.165, 1.54) is 5.56 Å². The SMILES string of the molecule is C[C@@H](C(=O)N1CCc2ccccc21)N1CCN(c2ccncc2Cl)CC1. The fourth-order valence-corrected chi connectivity index (χ4v) is 4.16. The Balaban J connectivity index is 1.40. The van der Waals surface area contributed by atoms with Crippen LogP contribution in [-0.2, 0) is 11.2 Å². The lowest BCUT2D eigenvalue weighted by atomic mass is 10.1. The van der Waals surface area contributed by atoms with Gasteiger partial charge >= 0.3 is 0 Å². The third-order valence-corrected chi connectivity index (χ3v) is 5.76. The Morgan fingerprint density at radius 1 is 1.08 bits per heavy atom. The van der Waals surface area contributed by atoms with Crippen molar-refractivity contribution >= 4 is 28.9 Å². The number of nitrogens with zero attached hydrogens (tertiary/aromatic N) is 4. The first kappa shape index (κ1) is 17.3. The van der Waals surface area contributed by atoms with Crippen LogP contribution in [0.3, 0.4) is 0 Å². The highest BCUT2D eigenvalue weighted by Gasteiger charge is 2.32. The number of aromatic nitrogens is 1. The molecule has 0 unspecified atom stereocenters. The summed E-state index contributed by atoms with van der Waals surface area (Å²) in [6.45, 7) is 6.23. The number of carbonyl (C=O) groups is 1. The number of halogens is 1. The predicted octanol–water partition coefficient (Wildman–Crippen LogP) is 2.83. The van der Waals surface area contributed by atoms with Crippen molar-refractivity contribution in [2.24, 2.45) is 0 Å². The summed E-state index contributed by atoms with van der Waals surface area (Å²) in [5, 5.41) is 0.679. The van der Waals surface area contributed by atoms with Gasteiger partial charge in [-0.1, -0.05) is 29.8 Å². The van der Waals surface area contributed by atoms with E-state index in [-0.39, 0.29) is 11.9 Å². The van der Waals surface area contributed by atoms with Gasteiger partial charge in [-0.2, -0.15) is 0 Å². The zero-order valence-corrected chi connectivity index (χ0v) is 15.7. The molecule has 0 aliphatic carbocycles. The van der Waals surface area contributed by atoms with E-state index in [0.717, 1.165) is 50.5 Å². The van der Waals surface area contributed by atoms with Gasteiger partial charge in [0.25, 0.3) is 0 Å². The molecule has 0 N–H and O–H groups in total. The predicted molar refractivity (Wildman–Crippen MR) is 105 cm³/mol. The molecule has 1 atom stereocenters. The first-order valence-electron chi connectivity index (χ1n) is 9.13. The number of amides is 1. The lowest BCUT2D eigenvalue weighted by Crippen LogP contribution is -2.54. The second-order valence-corrected chi connectivity index (χ2v) is 7.30. The highest BCUT2D eigenvalue weighted by molar-refractivity contribution is 6.33. The largest absolute Gasteiger partial charge is 0.368 e. The van der Waals surface area contributed by atoms with E-state index in [4.69, 9.17) is 11.6 Å². The number of para-hydroxylation sites is 1. The Kier molecular flexibility index (Phi) is 4.83. The molecule has 0 radical (unpaired) electrons. The summed E-state index contributed by atoms with van der Waals surface area (Å²) < 4.78 is 0. The van der Waals surface area contributed by atoms with Crippen LogP contribution in [0.5, 0.6) is 0 Å². The van der Waals surface area contributed by atoms with Gasteiger partial charge < -0.3 is 9.80 Å². The summed E-state index contributed by atoms with van der Waals surface area (Å²) >= 11 is 6.26. The Bertz CT molecular complexity index is 804. The number of pyridine rings is 1. The summed E-state index contributed by atoms with van der Waals surface area (Å²) in [5.41, 5.74) is 3.37. The van der Waals surface area contributed by atoms with E-state index in [1.54, 1.807) is 12.4 Å². The van der Waals surface area contributed by atoms with Crippen LogP contribution in [0.2, 0.25) is 5.02 Å². The first-order valence-corrected chi connectivity index (χ1v) is 9.51. The number of hydrogen-bond donors (Lipinski definition) is 0. The van der Waals surface area contributed by atoms with Crippen molar-refractivity contribution in [2.45, 2.75) is 19.4 Å². The minimum atomic E-state index is -0.115. The smallest absolute Gasteiger partial charge is 0.244 e. The first-order chi connectivity index (χ1) is 12.6. The second-order valence-electron chi connectivity index (χ2n) is 6.89. The quantitative estimate of drug-likeness (QED) is 0.833. The van der Waals surface area contributed by atoms with Crippen LogP contribution < -0.4 is 9.80 Å². The molecule has 2 aliphatic rings. The molecule has 0 saturated carbocycles. The molecule has 3 heterocycles. The molecule has 6 heteroatoms. The molecule has 4 rings (SSSR count). The molecule has 1 aromatic carbocycles. The Hall–Kier alpha value is -2.11. The number of anilines is 2. The fraction of sp³-hybridized carbons (Fsp3) is 0.400. The van der Waals surface area contributed by atoms with E-state index in [2.05, 4.69) is 26.9 Å². The minimum absolute atomic E-state index is 0.115. The van der Waals surface area contributed by atoms with Gasteiger partial charge in [-0.25, -0.2) is 0 Å². The van der Waals surface area contributed by atoms with Crippen LogP contribution in [0.15, 0.2) is 42.7 Å². The van der Waals surface area contributed by atoms with Crippen molar-refractivity contribution < 1.29 is 4.79 Å². The highest BCUT2D eigenvalue weighted by Crippen LogP contribution is 2.29. The molecule has 136 valence electrons. The maximum atomic E-state index is 13.1. The minimum Gasteiger partial charge on any atom is -0.368 e. The van der Waals surface area contributed by atoms with Crippen molar-refractivity contribution in [1.82, 2.24) is 9.88 Å².